The summed E-state index contributed by atoms with van der Waals surface area (Å²) in [5.41, 5.74) is 8.53. The summed E-state index contributed by atoms with van der Waals surface area (Å²) in [7, 11) is 0. The van der Waals surface area contributed by atoms with Gasteiger partial charge in [0.2, 0.25) is 0 Å². The molecule has 12 heavy (non-hydrogen) atoms. The van der Waals surface area contributed by atoms with E-state index in [0.717, 1.165) is 19.3 Å². The van der Waals surface area contributed by atoms with Gasteiger partial charge in [-0.3, -0.25) is 4.98 Å². The number of fused-ring (bicyclic) bond motifs is 1. The molecule has 2 N–H and O–H groups in total. The van der Waals surface area contributed by atoms with E-state index in [0.29, 0.717) is 6.04 Å². The number of hydrogen-bond acceptors (Lipinski definition) is 2. The zero-order chi connectivity index (χ0) is 8.39. The Balaban J connectivity index is 2.31. The Morgan fingerprint density at radius 3 is 3.33 bits per heavy atom. The first-order chi connectivity index (χ1) is 5.86. The van der Waals surface area contributed by atoms with Crippen molar-refractivity contribution in [2.45, 2.75) is 31.7 Å². The molecule has 0 saturated heterocycles. The molecule has 1 aromatic heterocycles. The Labute approximate surface area is 72.8 Å². The lowest BCUT2D eigenvalue weighted by Crippen LogP contribution is -2.21. The second-order valence-corrected chi connectivity index (χ2v) is 3.47. The first kappa shape index (κ1) is 7.74. The summed E-state index contributed by atoms with van der Waals surface area (Å²) in [5, 5.41) is 0. The molecule has 2 nitrogen and oxygen atoms in total. The molecule has 0 saturated carbocycles. The summed E-state index contributed by atoms with van der Waals surface area (Å²) >= 11 is 0. The number of aromatic nitrogens is 1. The molecule has 0 radical (unpaired) electrons. The second-order valence-electron chi connectivity index (χ2n) is 3.47. The Hall–Kier alpha value is -0.890. The highest BCUT2D eigenvalue weighted by Gasteiger charge is 2.13. The number of nitrogens with two attached hydrogens (primary N) is 1. The van der Waals surface area contributed by atoms with E-state index in [4.69, 9.17) is 5.73 Å². The summed E-state index contributed by atoms with van der Waals surface area (Å²) in [6.07, 6.45) is 6.30. The maximum Gasteiger partial charge on any atom is 0.0436 e. The summed E-state index contributed by atoms with van der Waals surface area (Å²) < 4.78 is 0. The molecule has 0 fully saturated rings. The van der Waals surface area contributed by atoms with Crippen LogP contribution in [-0.2, 0) is 12.8 Å². The van der Waals surface area contributed by atoms with Crippen molar-refractivity contribution >= 4 is 0 Å². The van der Waals surface area contributed by atoms with Crippen molar-refractivity contribution in [2.75, 3.05) is 0 Å². The number of hydrogen-bond donors (Lipinski definition) is 1. The molecule has 1 aliphatic carbocycles. The summed E-state index contributed by atoms with van der Waals surface area (Å²) in [6.45, 7) is 0. The second kappa shape index (κ2) is 3.23. The van der Waals surface area contributed by atoms with Crippen LogP contribution in [0.5, 0.6) is 0 Å². The summed E-state index contributed by atoms with van der Waals surface area (Å²) in [6, 6.07) is 4.49. The first-order valence-corrected chi connectivity index (χ1v) is 4.54. The van der Waals surface area contributed by atoms with Crippen LogP contribution < -0.4 is 5.73 Å². The predicted molar refractivity (Wildman–Crippen MR) is 48.9 cm³/mol. The molecular formula is C10H14N2. The van der Waals surface area contributed by atoms with E-state index < -0.39 is 0 Å². The molecule has 1 aromatic rings. The number of nitrogens with zero attached hydrogens (tertiary/aromatic N) is 1. The highest BCUT2D eigenvalue weighted by atomic mass is 14.7. The molecule has 0 aromatic carbocycles. The van der Waals surface area contributed by atoms with E-state index in [1.54, 1.807) is 0 Å². The van der Waals surface area contributed by atoms with Crippen LogP contribution in [0.3, 0.4) is 0 Å². The topological polar surface area (TPSA) is 38.9 Å². The fourth-order valence-corrected chi connectivity index (χ4v) is 1.80. The van der Waals surface area contributed by atoms with Crippen LogP contribution in [0.25, 0.3) is 0 Å². The molecule has 1 atom stereocenters. The van der Waals surface area contributed by atoms with Crippen molar-refractivity contribution in [3.63, 3.8) is 0 Å². The van der Waals surface area contributed by atoms with Gasteiger partial charge in [-0.25, -0.2) is 0 Å². The highest BCUT2D eigenvalue weighted by Crippen LogP contribution is 2.17. The first-order valence-electron chi connectivity index (χ1n) is 4.54. The Morgan fingerprint density at radius 2 is 2.42 bits per heavy atom. The maximum absolute atomic E-state index is 5.92. The van der Waals surface area contributed by atoms with Crippen LogP contribution in [0.4, 0.5) is 0 Å². The SMILES string of the molecule is NC1CCCc2ncccc2C1. The zero-order valence-corrected chi connectivity index (χ0v) is 7.16. The van der Waals surface area contributed by atoms with E-state index in [1.165, 1.54) is 17.7 Å². The Morgan fingerprint density at radius 1 is 1.50 bits per heavy atom. The van der Waals surface area contributed by atoms with E-state index >= 15 is 0 Å². The molecule has 1 aliphatic rings. The van der Waals surface area contributed by atoms with E-state index in [2.05, 4.69) is 11.1 Å². The average molecular weight is 162 g/mol. The minimum Gasteiger partial charge on any atom is -0.327 e. The lowest BCUT2D eigenvalue weighted by Gasteiger charge is -2.06. The number of pyridine rings is 1. The van der Waals surface area contributed by atoms with Gasteiger partial charge in [-0.1, -0.05) is 6.07 Å². The molecule has 2 rings (SSSR count). The largest absolute Gasteiger partial charge is 0.327 e. The van der Waals surface area contributed by atoms with Crippen LogP contribution >= 0.6 is 0 Å². The quantitative estimate of drug-likeness (QED) is 0.584. The fourth-order valence-electron chi connectivity index (χ4n) is 1.80. The monoisotopic (exact) mass is 162 g/mol. The molecule has 0 amide bonds. The van der Waals surface area contributed by atoms with Crippen molar-refractivity contribution in [3.8, 4) is 0 Å². The van der Waals surface area contributed by atoms with E-state index in [-0.39, 0.29) is 0 Å². The minimum absolute atomic E-state index is 0.343. The molecule has 1 heterocycles. The normalized spacial score (nSPS) is 22.9. The van der Waals surface area contributed by atoms with Crippen LogP contribution in [-0.4, -0.2) is 11.0 Å². The third-order valence-corrected chi connectivity index (χ3v) is 2.46. The summed E-state index contributed by atoms with van der Waals surface area (Å²) in [5.74, 6) is 0. The number of aryl methyl sites for hydroxylation is 1. The minimum atomic E-state index is 0.343. The molecule has 1 unspecified atom stereocenters. The standard InChI is InChI=1S/C10H14N2/c11-9-4-1-5-10-8(7-9)3-2-6-12-10/h2-3,6,9H,1,4-5,7,11H2. The average Bonchev–Trinajstić information content (AvgIpc) is 2.25. The Bertz CT molecular complexity index is 270. The van der Waals surface area contributed by atoms with Crippen molar-refractivity contribution < 1.29 is 0 Å². The van der Waals surface area contributed by atoms with Gasteiger partial charge < -0.3 is 5.73 Å². The van der Waals surface area contributed by atoms with Gasteiger partial charge in [-0.15, -0.1) is 0 Å². The van der Waals surface area contributed by atoms with Gasteiger partial charge in [-0.05, 0) is 37.3 Å². The van der Waals surface area contributed by atoms with Gasteiger partial charge >= 0.3 is 0 Å². The van der Waals surface area contributed by atoms with Gasteiger partial charge in [0, 0.05) is 17.9 Å². The maximum atomic E-state index is 5.92. The third-order valence-electron chi connectivity index (χ3n) is 2.46. The molecule has 64 valence electrons. The predicted octanol–water partition coefficient (Wildman–Crippen LogP) is 1.29. The fraction of sp³-hybridized carbons (Fsp3) is 0.500. The van der Waals surface area contributed by atoms with Crippen molar-refractivity contribution in [3.05, 3.63) is 29.6 Å². The number of rotatable bonds is 0. The molecule has 0 bridgehead atoms. The van der Waals surface area contributed by atoms with Gasteiger partial charge in [0.1, 0.15) is 0 Å². The van der Waals surface area contributed by atoms with Crippen LogP contribution in [0.15, 0.2) is 18.3 Å². The molecule has 0 aliphatic heterocycles. The highest BCUT2D eigenvalue weighted by molar-refractivity contribution is 5.22. The summed E-state index contributed by atoms with van der Waals surface area (Å²) in [4.78, 5) is 4.36. The van der Waals surface area contributed by atoms with E-state index in [9.17, 15) is 0 Å². The molecular weight excluding hydrogens is 148 g/mol. The van der Waals surface area contributed by atoms with Crippen LogP contribution in [0, 0.1) is 0 Å². The lowest BCUT2D eigenvalue weighted by molar-refractivity contribution is 0.602. The Kier molecular flexibility index (Phi) is 2.09. The molecule has 0 spiro atoms. The van der Waals surface area contributed by atoms with Crippen molar-refractivity contribution in [1.29, 1.82) is 0 Å². The van der Waals surface area contributed by atoms with Gasteiger partial charge in [0.05, 0.1) is 0 Å². The van der Waals surface area contributed by atoms with Gasteiger partial charge in [0.15, 0.2) is 0 Å². The van der Waals surface area contributed by atoms with Gasteiger partial charge in [0.25, 0.3) is 0 Å². The van der Waals surface area contributed by atoms with Crippen molar-refractivity contribution in [2.24, 2.45) is 5.73 Å². The zero-order valence-electron chi connectivity index (χ0n) is 7.16. The lowest BCUT2D eigenvalue weighted by atomic mass is 10.1. The smallest absolute Gasteiger partial charge is 0.0436 e. The third kappa shape index (κ3) is 1.48. The van der Waals surface area contributed by atoms with Crippen molar-refractivity contribution in [1.82, 2.24) is 4.98 Å². The van der Waals surface area contributed by atoms with E-state index in [1.807, 2.05) is 12.3 Å². The van der Waals surface area contributed by atoms with Crippen LogP contribution in [0.2, 0.25) is 0 Å². The molecule has 2 heteroatoms. The van der Waals surface area contributed by atoms with Gasteiger partial charge in [-0.2, -0.15) is 0 Å². The van der Waals surface area contributed by atoms with Crippen LogP contribution in [0.1, 0.15) is 24.1 Å².